The van der Waals surface area contributed by atoms with Crippen molar-refractivity contribution in [3.8, 4) is 0 Å². The zero-order chi connectivity index (χ0) is 19.9. The Morgan fingerprint density at radius 3 is 2.59 bits per heavy atom. The van der Waals surface area contributed by atoms with Gasteiger partial charge < -0.3 is 4.57 Å². The molecule has 1 N–H and O–H groups in total. The molecule has 138 valence electrons. The summed E-state index contributed by atoms with van der Waals surface area (Å²) in [6.45, 7) is 2.15. The van der Waals surface area contributed by atoms with Crippen LogP contribution in [0.4, 0.5) is 4.39 Å². The summed E-state index contributed by atoms with van der Waals surface area (Å²) in [5, 5.41) is 2.10. The molecule has 2 aromatic rings. The molecule has 0 spiro atoms. The number of benzene rings is 1. The summed E-state index contributed by atoms with van der Waals surface area (Å²) >= 11 is 0. The van der Waals surface area contributed by atoms with E-state index in [1.54, 1.807) is 13.9 Å². The minimum Gasteiger partial charge on any atom is -0.321 e. The standard InChI is InChI=1S/C18H17BFN3O4/c1-10(24)21-16(26)18(2)17(27)22(15(25)14-4-3-7-23(14)18)9-11-5-6-12(19)8-13(11)20/h3-8H,9,19H2,1-2H3,(H,21,24,26)/t18-/m1/s1. The van der Waals surface area contributed by atoms with Gasteiger partial charge in [-0.2, -0.15) is 0 Å². The number of aromatic nitrogens is 1. The average Bonchev–Trinajstić information content (AvgIpc) is 3.08. The van der Waals surface area contributed by atoms with Gasteiger partial charge in [0.05, 0.1) is 6.54 Å². The largest absolute Gasteiger partial charge is 0.321 e. The van der Waals surface area contributed by atoms with E-state index in [-0.39, 0.29) is 17.8 Å². The lowest BCUT2D eigenvalue weighted by Crippen LogP contribution is -2.62. The number of rotatable bonds is 3. The SMILES string of the molecule is Bc1ccc(CN2C(=O)c3cccn3[C@](C)(C(=O)NC(C)=O)C2=O)c(F)c1. The van der Waals surface area contributed by atoms with E-state index in [9.17, 15) is 23.6 Å². The van der Waals surface area contributed by atoms with Gasteiger partial charge in [0.1, 0.15) is 19.4 Å². The van der Waals surface area contributed by atoms with Crippen LogP contribution in [0.1, 0.15) is 29.9 Å². The van der Waals surface area contributed by atoms with Crippen LogP contribution in [0.5, 0.6) is 0 Å². The maximum atomic E-state index is 14.2. The van der Waals surface area contributed by atoms with E-state index in [4.69, 9.17) is 0 Å². The molecule has 1 atom stereocenters. The van der Waals surface area contributed by atoms with Gasteiger partial charge in [-0.1, -0.05) is 17.6 Å². The Labute approximate surface area is 155 Å². The summed E-state index contributed by atoms with van der Waals surface area (Å²) in [5.74, 6) is -3.52. The topological polar surface area (TPSA) is 88.5 Å². The number of halogens is 1. The summed E-state index contributed by atoms with van der Waals surface area (Å²) in [5.41, 5.74) is -0.897. The first kappa shape index (κ1) is 18.6. The Morgan fingerprint density at radius 2 is 1.96 bits per heavy atom. The fourth-order valence-corrected chi connectivity index (χ4v) is 3.12. The summed E-state index contributed by atoms with van der Waals surface area (Å²) in [4.78, 5) is 50.7. The van der Waals surface area contributed by atoms with Crippen LogP contribution in [0.15, 0.2) is 36.5 Å². The highest BCUT2D eigenvalue weighted by atomic mass is 19.1. The third-order valence-electron chi connectivity index (χ3n) is 4.63. The molecule has 0 radical (unpaired) electrons. The molecule has 3 rings (SSSR count). The second kappa shape index (κ2) is 6.50. The zero-order valence-corrected chi connectivity index (χ0v) is 15.1. The summed E-state index contributed by atoms with van der Waals surface area (Å²) < 4.78 is 15.5. The van der Waals surface area contributed by atoms with Gasteiger partial charge in [0.2, 0.25) is 11.4 Å². The molecular formula is C18H17BFN3O4. The van der Waals surface area contributed by atoms with Crippen molar-refractivity contribution in [2.45, 2.75) is 25.9 Å². The molecule has 27 heavy (non-hydrogen) atoms. The van der Waals surface area contributed by atoms with Crippen molar-refractivity contribution >= 4 is 36.9 Å². The Hall–Kier alpha value is -3.23. The maximum absolute atomic E-state index is 14.2. The maximum Gasteiger partial charge on any atom is 0.277 e. The number of carbonyl (C=O) groups is 4. The normalized spacial score (nSPS) is 19.0. The van der Waals surface area contributed by atoms with E-state index in [1.165, 1.54) is 42.0 Å². The number of carbonyl (C=O) groups excluding carboxylic acids is 4. The molecule has 4 amide bonds. The molecule has 0 saturated heterocycles. The molecule has 1 aliphatic heterocycles. The average molecular weight is 369 g/mol. The molecule has 0 bridgehead atoms. The number of fused-ring (bicyclic) bond motifs is 1. The number of imide groups is 2. The molecule has 0 fully saturated rings. The van der Waals surface area contributed by atoms with Crippen molar-refractivity contribution < 1.29 is 23.6 Å². The van der Waals surface area contributed by atoms with Crippen LogP contribution in [-0.2, 0) is 26.5 Å². The van der Waals surface area contributed by atoms with E-state index in [0.717, 1.165) is 11.8 Å². The van der Waals surface area contributed by atoms with Crippen molar-refractivity contribution in [1.29, 1.82) is 0 Å². The quantitative estimate of drug-likeness (QED) is 0.447. The van der Waals surface area contributed by atoms with Crippen LogP contribution >= 0.6 is 0 Å². The van der Waals surface area contributed by atoms with Crippen molar-refractivity contribution in [3.63, 3.8) is 0 Å². The van der Waals surface area contributed by atoms with Crippen molar-refractivity contribution in [3.05, 3.63) is 53.6 Å². The van der Waals surface area contributed by atoms with Crippen molar-refractivity contribution in [2.75, 3.05) is 0 Å². The fourth-order valence-electron chi connectivity index (χ4n) is 3.12. The Bertz CT molecular complexity index is 987. The van der Waals surface area contributed by atoms with Gasteiger partial charge in [-0.15, -0.1) is 0 Å². The molecular weight excluding hydrogens is 352 g/mol. The molecule has 2 heterocycles. The monoisotopic (exact) mass is 369 g/mol. The Morgan fingerprint density at radius 1 is 1.26 bits per heavy atom. The molecule has 1 aromatic heterocycles. The highest BCUT2D eigenvalue weighted by Crippen LogP contribution is 2.30. The lowest BCUT2D eigenvalue weighted by molar-refractivity contribution is -0.148. The van der Waals surface area contributed by atoms with Crippen LogP contribution < -0.4 is 10.8 Å². The van der Waals surface area contributed by atoms with E-state index >= 15 is 0 Å². The molecule has 7 nitrogen and oxygen atoms in total. The lowest BCUT2D eigenvalue weighted by Gasteiger charge is -2.38. The predicted molar refractivity (Wildman–Crippen MR) is 96.4 cm³/mol. The van der Waals surface area contributed by atoms with Gasteiger partial charge in [-0.25, -0.2) is 4.39 Å². The highest BCUT2D eigenvalue weighted by molar-refractivity contribution is 6.32. The summed E-state index contributed by atoms with van der Waals surface area (Å²) in [6.07, 6.45) is 1.43. The summed E-state index contributed by atoms with van der Waals surface area (Å²) in [6, 6.07) is 7.45. The number of nitrogens with one attached hydrogen (secondary N) is 1. The lowest BCUT2D eigenvalue weighted by atomic mass is 9.93. The molecule has 9 heteroatoms. The van der Waals surface area contributed by atoms with Gasteiger partial charge in [0.15, 0.2) is 0 Å². The molecule has 0 unspecified atom stereocenters. The smallest absolute Gasteiger partial charge is 0.277 e. The Kier molecular flexibility index (Phi) is 4.47. The van der Waals surface area contributed by atoms with Crippen molar-refractivity contribution in [2.24, 2.45) is 0 Å². The number of nitrogens with zero attached hydrogens (tertiary/aromatic N) is 2. The molecule has 0 saturated carbocycles. The molecule has 1 aliphatic rings. The fraction of sp³-hybridized carbons (Fsp3) is 0.222. The van der Waals surface area contributed by atoms with E-state index in [2.05, 4.69) is 5.32 Å². The van der Waals surface area contributed by atoms with E-state index in [1.807, 2.05) is 0 Å². The highest BCUT2D eigenvalue weighted by Gasteiger charge is 2.52. The molecule has 0 aliphatic carbocycles. The van der Waals surface area contributed by atoms with Crippen LogP contribution in [0.25, 0.3) is 0 Å². The van der Waals surface area contributed by atoms with Crippen molar-refractivity contribution in [1.82, 2.24) is 14.8 Å². The number of hydrogen-bond acceptors (Lipinski definition) is 4. The van der Waals surface area contributed by atoms with E-state index < -0.39 is 35.0 Å². The first-order chi connectivity index (χ1) is 12.7. The van der Waals surface area contributed by atoms with Crippen LogP contribution in [0.2, 0.25) is 0 Å². The second-order valence-electron chi connectivity index (χ2n) is 6.64. The second-order valence-corrected chi connectivity index (χ2v) is 6.64. The summed E-state index contributed by atoms with van der Waals surface area (Å²) in [7, 11) is 1.72. The van der Waals surface area contributed by atoms with E-state index in [0.29, 0.717) is 5.46 Å². The van der Waals surface area contributed by atoms with Gasteiger partial charge in [0.25, 0.3) is 17.7 Å². The first-order valence-corrected chi connectivity index (χ1v) is 8.27. The third-order valence-corrected chi connectivity index (χ3v) is 4.63. The van der Waals surface area contributed by atoms with Gasteiger partial charge in [-0.3, -0.25) is 29.4 Å². The van der Waals surface area contributed by atoms with Crippen LogP contribution in [0.3, 0.4) is 0 Å². The predicted octanol–water partition coefficient (Wildman–Crippen LogP) is -0.554. The first-order valence-electron chi connectivity index (χ1n) is 8.27. The van der Waals surface area contributed by atoms with Gasteiger partial charge in [-0.05, 0) is 25.1 Å². The minimum absolute atomic E-state index is 0.100. The number of amides is 4. The number of hydrogen-bond donors (Lipinski definition) is 1. The van der Waals surface area contributed by atoms with Gasteiger partial charge in [0, 0.05) is 18.7 Å². The zero-order valence-electron chi connectivity index (χ0n) is 15.1. The van der Waals surface area contributed by atoms with Gasteiger partial charge >= 0.3 is 0 Å². The minimum atomic E-state index is -1.85. The van der Waals surface area contributed by atoms with Crippen LogP contribution in [0, 0.1) is 5.82 Å². The van der Waals surface area contributed by atoms with Crippen LogP contribution in [-0.4, -0.2) is 40.9 Å². The molecule has 1 aromatic carbocycles. The third kappa shape index (κ3) is 2.94. The Balaban J connectivity index is 2.06.